The molecule has 1 fully saturated rings. The Labute approximate surface area is 140 Å². The second kappa shape index (κ2) is 9.78. The van der Waals surface area contributed by atoms with Crippen molar-refractivity contribution in [3.63, 3.8) is 0 Å². The SMILES string of the molecule is C=COCCCNC(C)CC1COCCN1C(=O)OC(C)(C)C. The highest BCUT2D eigenvalue weighted by Crippen LogP contribution is 2.17. The molecule has 1 heterocycles. The van der Waals surface area contributed by atoms with Gasteiger partial charge in [0.05, 0.1) is 32.1 Å². The average Bonchev–Trinajstić information content (AvgIpc) is 2.45. The van der Waals surface area contributed by atoms with Gasteiger partial charge in [-0.2, -0.15) is 0 Å². The first-order valence-electron chi connectivity index (χ1n) is 8.36. The minimum Gasteiger partial charge on any atom is -0.502 e. The second-order valence-electron chi connectivity index (χ2n) is 6.88. The summed E-state index contributed by atoms with van der Waals surface area (Å²) in [6.45, 7) is 14.5. The van der Waals surface area contributed by atoms with Crippen LogP contribution in [0.2, 0.25) is 0 Å². The number of nitrogens with one attached hydrogen (secondary N) is 1. The number of carbonyl (C=O) groups excluding carboxylic acids is 1. The molecule has 6 heteroatoms. The van der Waals surface area contributed by atoms with E-state index in [0.29, 0.717) is 26.4 Å². The fraction of sp³-hybridized carbons (Fsp3) is 0.824. The Kier molecular flexibility index (Phi) is 8.41. The third kappa shape index (κ3) is 8.23. The highest BCUT2D eigenvalue weighted by molar-refractivity contribution is 5.68. The van der Waals surface area contributed by atoms with Gasteiger partial charge in [0.15, 0.2) is 0 Å². The number of ether oxygens (including phenoxy) is 3. The van der Waals surface area contributed by atoms with E-state index in [1.54, 1.807) is 4.90 Å². The fourth-order valence-corrected chi connectivity index (χ4v) is 2.49. The summed E-state index contributed by atoms with van der Waals surface area (Å²) < 4.78 is 16.1. The first-order valence-corrected chi connectivity index (χ1v) is 8.36. The number of hydrogen-bond acceptors (Lipinski definition) is 5. The molecule has 0 aliphatic carbocycles. The maximum atomic E-state index is 12.3. The molecule has 0 radical (unpaired) electrons. The molecule has 0 bridgehead atoms. The molecule has 1 N–H and O–H groups in total. The summed E-state index contributed by atoms with van der Waals surface area (Å²) in [5.41, 5.74) is -0.477. The monoisotopic (exact) mass is 328 g/mol. The van der Waals surface area contributed by atoms with Crippen molar-refractivity contribution in [3.8, 4) is 0 Å². The molecule has 6 nitrogen and oxygen atoms in total. The number of amides is 1. The van der Waals surface area contributed by atoms with Gasteiger partial charge in [-0.3, -0.25) is 0 Å². The highest BCUT2D eigenvalue weighted by Gasteiger charge is 2.31. The summed E-state index contributed by atoms with van der Waals surface area (Å²) in [6, 6.07) is 0.334. The van der Waals surface area contributed by atoms with Gasteiger partial charge in [-0.1, -0.05) is 6.58 Å². The quantitative estimate of drug-likeness (QED) is 0.548. The molecule has 0 aromatic carbocycles. The molecule has 134 valence electrons. The van der Waals surface area contributed by atoms with Gasteiger partial charge in [-0.05, 0) is 47.1 Å². The lowest BCUT2D eigenvalue weighted by molar-refractivity contribution is -0.0355. The summed E-state index contributed by atoms with van der Waals surface area (Å²) in [6.07, 6.45) is 2.97. The van der Waals surface area contributed by atoms with Gasteiger partial charge in [0, 0.05) is 12.6 Å². The first kappa shape index (κ1) is 19.8. The summed E-state index contributed by atoms with van der Waals surface area (Å²) in [5, 5.41) is 3.45. The maximum absolute atomic E-state index is 12.3. The first-order chi connectivity index (χ1) is 10.8. The van der Waals surface area contributed by atoms with Crippen LogP contribution in [-0.4, -0.2) is 61.6 Å². The third-order valence-corrected chi connectivity index (χ3v) is 3.53. The van der Waals surface area contributed by atoms with Crippen LogP contribution in [-0.2, 0) is 14.2 Å². The van der Waals surface area contributed by atoms with E-state index in [1.807, 2.05) is 20.8 Å². The molecule has 0 spiro atoms. The largest absolute Gasteiger partial charge is 0.502 e. The molecule has 0 aromatic rings. The van der Waals surface area contributed by atoms with Crippen molar-refractivity contribution in [3.05, 3.63) is 12.8 Å². The van der Waals surface area contributed by atoms with Crippen molar-refractivity contribution in [2.75, 3.05) is 32.9 Å². The van der Waals surface area contributed by atoms with Gasteiger partial charge >= 0.3 is 6.09 Å². The van der Waals surface area contributed by atoms with Crippen molar-refractivity contribution in [2.24, 2.45) is 0 Å². The number of nitrogens with zero attached hydrogens (tertiary/aromatic N) is 1. The lowest BCUT2D eigenvalue weighted by Gasteiger charge is -2.37. The summed E-state index contributed by atoms with van der Waals surface area (Å²) in [4.78, 5) is 14.1. The average molecular weight is 328 g/mol. The smallest absolute Gasteiger partial charge is 0.410 e. The van der Waals surface area contributed by atoms with E-state index in [9.17, 15) is 4.79 Å². The predicted molar refractivity (Wildman–Crippen MR) is 90.4 cm³/mol. The maximum Gasteiger partial charge on any atom is 0.410 e. The highest BCUT2D eigenvalue weighted by atomic mass is 16.6. The Morgan fingerprint density at radius 2 is 2.26 bits per heavy atom. The predicted octanol–water partition coefficient (Wildman–Crippen LogP) is 2.54. The van der Waals surface area contributed by atoms with Gasteiger partial charge in [0.2, 0.25) is 0 Å². The lowest BCUT2D eigenvalue weighted by atomic mass is 10.1. The van der Waals surface area contributed by atoms with Gasteiger partial charge < -0.3 is 24.4 Å². The van der Waals surface area contributed by atoms with Crippen LogP contribution in [0.3, 0.4) is 0 Å². The van der Waals surface area contributed by atoms with Crippen LogP contribution >= 0.6 is 0 Å². The van der Waals surface area contributed by atoms with Gasteiger partial charge in [0.1, 0.15) is 5.60 Å². The Morgan fingerprint density at radius 3 is 2.91 bits per heavy atom. The molecular weight excluding hydrogens is 296 g/mol. The zero-order valence-corrected chi connectivity index (χ0v) is 15.0. The normalized spacial score (nSPS) is 20.0. The molecule has 1 rings (SSSR count). The molecule has 1 aliphatic heterocycles. The fourth-order valence-electron chi connectivity index (χ4n) is 2.49. The Bertz CT molecular complexity index is 368. The molecule has 23 heavy (non-hydrogen) atoms. The summed E-state index contributed by atoms with van der Waals surface area (Å²) in [5.74, 6) is 0. The summed E-state index contributed by atoms with van der Waals surface area (Å²) >= 11 is 0. The zero-order valence-electron chi connectivity index (χ0n) is 15.0. The van der Waals surface area contributed by atoms with Crippen molar-refractivity contribution in [1.82, 2.24) is 10.2 Å². The Hall–Kier alpha value is -1.27. The number of morpholine rings is 1. The van der Waals surface area contributed by atoms with E-state index in [2.05, 4.69) is 18.8 Å². The van der Waals surface area contributed by atoms with Crippen molar-refractivity contribution in [2.45, 2.75) is 58.2 Å². The lowest BCUT2D eigenvalue weighted by Crippen LogP contribution is -2.52. The van der Waals surface area contributed by atoms with E-state index in [1.165, 1.54) is 6.26 Å². The van der Waals surface area contributed by atoms with Crippen molar-refractivity contribution >= 4 is 6.09 Å². The molecule has 0 saturated carbocycles. The second-order valence-corrected chi connectivity index (χ2v) is 6.88. The molecule has 0 aromatic heterocycles. The van der Waals surface area contributed by atoms with E-state index in [0.717, 1.165) is 19.4 Å². The topological polar surface area (TPSA) is 60.0 Å². The van der Waals surface area contributed by atoms with E-state index >= 15 is 0 Å². The van der Waals surface area contributed by atoms with E-state index < -0.39 is 5.60 Å². The summed E-state index contributed by atoms with van der Waals surface area (Å²) in [7, 11) is 0. The molecule has 2 unspecified atom stereocenters. The van der Waals surface area contributed by atoms with Crippen molar-refractivity contribution in [1.29, 1.82) is 0 Å². The Morgan fingerprint density at radius 1 is 1.52 bits per heavy atom. The van der Waals surface area contributed by atoms with E-state index in [4.69, 9.17) is 14.2 Å². The van der Waals surface area contributed by atoms with Gasteiger partial charge in [-0.15, -0.1) is 0 Å². The zero-order chi connectivity index (χ0) is 17.3. The minimum absolute atomic E-state index is 0.0468. The van der Waals surface area contributed by atoms with Crippen molar-refractivity contribution < 1.29 is 19.0 Å². The van der Waals surface area contributed by atoms with Crippen LogP contribution in [0.15, 0.2) is 12.8 Å². The molecular formula is C17H32N2O4. The minimum atomic E-state index is -0.477. The number of rotatable bonds is 8. The van der Waals surface area contributed by atoms with Gasteiger partial charge in [0.25, 0.3) is 0 Å². The van der Waals surface area contributed by atoms with Gasteiger partial charge in [-0.25, -0.2) is 4.79 Å². The van der Waals surface area contributed by atoms with Crippen LogP contribution in [0.5, 0.6) is 0 Å². The van der Waals surface area contributed by atoms with Crippen LogP contribution < -0.4 is 5.32 Å². The Balaban J connectivity index is 2.41. The molecule has 2 atom stereocenters. The van der Waals surface area contributed by atoms with Crippen LogP contribution in [0.25, 0.3) is 0 Å². The van der Waals surface area contributed by atoms with E-state index in [-0.39, 0.29) is 18.2 Å². The number of carbonyl (C=O) groups is 1. The molecule has 1 amide bonds. The van der Waals surface area contributed by atoms with Crippen LogP contribution in [0.1, 0.15) is 40.5 Å². The van der Waals surface area contributed by atoms with Crippen LogP contribution in [0, 0.1) is 0 Å². The van der Waals surface area contributed by atoms with Crippen LogP contribution in [0.4, 0.5) is 4.79 Å². The molecule has 1 aliphatic rings. The standard InChI is InChI=1S/C17H32N2O4/c1-6-21-10-7-8-18-14(2)12-15-13-22-11-9-19(15)16(20)23-17(3,4)5/h6,14-15,18H,1,7-13H2,2-5H3. The third-order valence-electron chi connectivity index (χ3n) is 3.53. The number of hydrogen-bond donors (Lipinski definition) is 1. The molecule has 1 saturated heterocycles.